The number of anilines is 1. The van der Waals surface area contributed by atoms with Crippen LogP contribution in [-0.4, -0.2) is 14.6 Å². The zero-order valence-electron chi connectivity index (χ0n) is 9.14. The maximum Gasteiger partial charge on any atom is 0.240 e. The number of nitrogens with zero attached hydrogens (tertiary/aromatic N) is 3. The van der Waals surface area contributed by atoms with Crippen LogP contribution in [0.15, 0.2) is 36.5 Å². The summed E-state index contributed by atoms with van der Waals surface area (Å²) >= 11 is 11.9. The highest BCUT2D eigenvalue weighted by Gasteiger charge is 2.09. The lowest BCUT2D eigenvalue weighted by Crippen LogP contribution is -1.90. The van der Waals surface area contributed by atoms with Gasteiger partial charge in [0.05, 0.1) is 10.0 Å². The van der Waals surface area contributed by atoms with Gasteiger partial charge in [-0.05, 0) is 29.8 Å². The summed E-state index contributed by atoms with van der Waals surface area (Å²) in [6.07, 6.45) is 1.79. The number of hydrogen-bond donors (Lipinski definition) is 1. The Kier molecular flexibility index (Phi) is 2.61. The summed E-state index contributed by atoms with van der Waals surface area (Å²) in [6, 6.07) is 9.24. The van der Waals surface area contributed by atoms with E-state index < -0.39 is 0 Å². The molecule has 90 valence electrons. The number of pyridine rings is 1. The molecule has 0 bridgehead atoms. The third kappa shape index (κ3) is 1.79. The van der Waals surface area contributed by atoms with Crippen LogP contribution in [0, 0.1) is 0 Å². The predicted molar refractivity (Wildman–Crippen MR) is 72.9 cm³/mol. The van der Waals surface area contributed by atoms with Crippen LogP contribution in [0.5, 0.6) is 0 Å². The maximum absolute atomic E-state index is 6.02. The highest BCUT2D eigenvalue weighted by atomic mass is 35.5. The van der Waals surface area contributed by atoms with Crippen LogP contribution in [0.2, 0.25) is 10.0 Å². The van der Waals surface area contributed by atoms with E-state index in [-0.39, 0.29) is 5.95 Å². The SMILES string of the molecule is Nc1nc2c(-c3ccc(Cl)c(Cl)c3)cccn2n1. The Balaban J connectivity index is 2.27. The zero-order valence-corrected chi connectivity index (χ0v) is 10.7. The molecular formula is C12H8Cl2N4. The van der Waals surface area contributed by atoms with Crippen molar-refractivity contribution in [3.63, 3.8) is 0 Å². The third-order valence-electron chi connectivity index (χ3n) is 2.61. The van der Waals surface area contributed by atoms with E-state index >= 15 is 0 Å². The van der Waals surface area contributed by atoms with Gasteiger partial charge >= 0.3 is 0 Å². The van der Waals surface area contributed by atoms with Gasteiger partial charge in [0.2, 0.25) is 5.95 Å². The van der Waals surface area contributed by atoms with E-state index in [1.807, 2.05) is 18.2 Å². The van der Waals surface area contributed by atoms with Crippen molar-refractivity contribution >= 4 is 34.8 Å². The molecule has 0 atom stereocenters. The highest BCUT2D eigenvalue weighted by Crippen LogP contribution is 2.30. The monoisotopic (exact) mass is 278 g/mol. The maximum atomic E-state index is 6.02. The van der Waals surface area contributed by atoms with Gasteiger partial charge in [-0.3, -0.25) is 0 Å². The standard InChI is InChI=1S/C12H8Cl2N4/c13-9-4-3-7(6-10(9)14)8-2-1-5-18-11(8)16-12(15)17-18/h1-6H,(H2,15,17). The molecule has 0 aliphatic heterocycles. The normalized spacial score (nSPS) is 11.0. The molecule has 6 heteroatoms. The lowest BCUT2D eigenvalue weighted by Gasteiger charge is -2.04. The van der Waals surface area contributed by atoms with Crippen molar-refractivity contribution in [1.29, 1.82) is 0 Å². The van der Waals surface area contributed by atoms with Crippen LogP contribution < -0.4 is 5.73 Å². The smallest absolute Gasteiger partial charge is 0.240 e. The number of fused-ring (bicyclic) bond motifs is 1. The van der Waals surface area contributed by atoms with E-state index in [0.717, 1.165) is 11.1 Å². The Hall–Kier alpha value is -1.78. The van der Waals surface area contributed by atoms with Crippen LogP contribution in [0.4, 0.5) is 5.95 Å². The fraction of sp³-hybridized carbons (Fsp3) is 0. The van der Waals surface area contributed by atoms with Crippen molar-refractivity contribution < 1.29 is 0 Å². The first-order valence-corrected chi connectivity index (χ1v) is 5.97. The molecule has 3 aromatic rings. The first kappa shape index (κ1) is 11.3. The van der Waals surface area contributed by atoms with Crippen molar-refractivity contribution in [3.05, 3.63) is 46.6 Å². The average Bonchev–Trinajstić information content (AvgIpc) is 2.72. The van der Waals surface area contributed by atoms with Gasteiger partial charge in [0.15, 0.2) is 5.65 Å². The Morgan fingerprint density at radius 1 is 1.11 bits per heavy atom. The summed E-state index contributed by atoms with van der Waals surface area (Å²) in [6.45, 7) is 0. The molecule has 2 heterocycles. The Morgan fingerprint density at radius 3 is 2.72 bits per heavy atom. The van der Waals surface area contributed by atoms with E-state index in [0.29, 0.717) is 15.7 Å². The zero-order chi connectivity index (χ0) is 12.7. The van der Waals surface area contributed by atoms with Crippen LogP contribution in [0.25, 0.3) is 16.8 Å². The topological polar surface area (TPSA) is 56.2 Å². The van der Waals surface area contributed by atoms with Crippen LogP contribution in [0.3, 0.4) is 0 Å². The highest BCUT2D eigenvalue weighted by molar-refractivity contribution is 6.42. The molecule has 0 radical (unpaired) electrons. The second-order valence-corrected chi connectivity index (χ2v) is 4.60. The Morgan fingerprint density at radius 2 is 1.94 bits per heavy atom. The van der Waals surface area contributed by atoms with Gasteiger partial charge in [0.25, 0.3) is 0 Å². The fourth-order valence-electron chi connectivity index (χ4n) is 1.81. The molecule has 18 heavy (non-hydrogen) atoms. The molecule has 0 spiro atoms. The molecule has 3 rings (SSSR count). The van der Waals surface area contributed by atoms with Gasteiger partial charge in [-0.2, -0.15) is 4.98 Å². The minimum absolute atomic E-state index is 0.238. The molecule has 1 aromatic carbocycles. The predicted octanol–water partition coefficient (Wildman–Crippen LogP) is 3.29. The first-order valence-electron chi connectivity index (χ1n) is 5.21. The number of nitrogens with two attached hydrogens (primary N) is 1. The van der Waals surface area contributed by atoms with Gasteiger partial charge in [0, 0.05) is 11.8 Å². The van der Waals surface area contributed by atoms with Gasteiger partial charge in [-0.1, -0.05) is 29.3 Å². The van der Waals surface area contributed by atoms with Crippen molar-refractivity contribution in [3.8, 4) is 11.1 Å². The van der Waals surface area contributed by atoms with Crippen molar-refractivity contribution in [1.82, 2.24) is 14.6 Å². The van der Waals surface area contributed by atoms with Gasteiger partial charge in [-0.15, -0.1) is 5.10 Å². The number of benzene rings is 1. The van der Waals surface area contributed by atoms with Crippen molar-refractivity contribution in [2.45, 2.75) is 0 Å². The van der Waals surface area contributed by atoms with Crippen LogP contribution in [0.1, 0.15) is 0 Å². The van der Waals surface area contributed by atoms with Crippen LogP contribution in [-0.2, 0) is 0 Å². The minimum Gasteiger partial charge on any atom is -0.366 e. The van der Waals surface area contributed by atoms with Gasteiger partial charge in [0.1, 0.15) is 0 Å². The molecule has 0 unspecified atom stereocenters. The minimum atomic E-state index is 0.238. The van der Waals surface area contributed by atoms with Gasteiger partial charge in [-0.25, -0.2) is 4.52 Å². The molecule has 0 saturated heterocycles. The largest absolute Gasteiger partial charge is 0.366 e. The van der Waals surface area contributed by atoms with Gasteiger partial charge < -0.3 is 5.73 Å². The fourth-order valence-corrected chi connectivity index (χ4v) is 2.11. The molecule has 0 aliphatic carbocycles. The number of rotatable bonds is 1. The summed E-state index contributed by atoms with van der Waals surface area (Å²) in [5.74, 6) is 0.238. The molecule has 0 fully saturated rings. The molecular weight excluding hydrogens is 271 g/mol. The number of nitrogen functional groups attached to an aromatic ring is 1. The number of halogens is 2. The lowest BCUT2D eigenvalue weighted by atomic mass is 10.1. The molecule has 0 amide bonds. The quantitative estimate of drug-likeness (QED) is 0.743. The van der Waals surface area contributed by atoms with E-state index in [4.69, 9.17) is 28.9 Å². The number of hydrogen-bond acceptors (Lipinski definition) is 3. The van der Waals surface area contributed by atoms with E-state index in [1.54, 1.807) is 22.8 Å². The Labute approximate surface area is 113 Å². The van der Waals surface area contributed by atoms with E-state index in [1.165, 1.54) is 0 Å². The first-order chi connectivity index (χ1) is 8.65. The molecule has 2 aromatic heterocycles. The summed E-state index contributed by atoms with van der Waals surface area (Å²) in [4.78, 5) is 4.20. The van der Waals surface area contributed by atoms with Crippen molar-refractivity contribution in [2.75, 3.05) is 5.73 Å². The van der Waals surface area contributed by atoms with E-state index in [2.05, 4.69) is 10.1 Å². The molecule has 2 N–H and O–H groups in total. The Bertz CT molecular complexity index is 736. The lowest BCUT2D eigenvalue weighted by molar-refractivity contribution is 0.969. The van der Waals surface area contributed by atoms with E-state index in [9.17, 15) is 0 Å². The number of aromatic nitrogens is 3. The van der Waals surface area contributed by atoms with Crippen LogP contribution >= 0.6 is 23.2 Å². The summed E-state index contributed by atoms with van der Waals surface area (Å²) in [5, 5.41) is 5.09. The molecule has 0 saturated carbocycles. The van der Waals surface area contributed by atoms with Crippen molar-refractivity contribution in [2.24, 2.45) is 0 Å². The second-order valence-electron chi connectivity index (χ2n) is 3.79. The summed E-state index contributed by atoms with van der Waals surface area (Å²) < 4.78 is 1.63. The average molecular weight is 279 g/mol. The third-order valence-corrected chi connectivity index (χ3v) is 3.35. The molecule has 0 aliphatic rings. The second kappa shape index (κ2) is 4.15. The molecule has 4 nitrogen and oxygen atoms in total. The summed E-state index contributed by atoms with van der Waals surface area (Å²) in [5.41, 5.74) is 8.11. The summed E-state index contributed by atoms with van der Waals surface area (Å²) in [7, 11) is 0.